The highest BCUT2D eigenvalue weighted by Crippen LogP contribution is 2.29. The molecular formula is C18H21N5O. The lowest BCUT2D eigenvalue weighted by atomic mass is 9.94. The molecule has 0 amide bonds. The number of hydrogen-bond donors (Lipinski definition) is 1. The third-order valence-electron chi connectivity index (χ3n) is 4.67. The number of hydrogen-bond acceptors (Lipinski definition) is 5. The molecular weight excluding hydrogens is 302 g/mol. The van der Waals surface area contributed by atoms with Gasteiger partial charge in [-0.15, -0.1) is 0 Å². The van der Waals surface area contributed by atoms with E-state index in [0.29, 0.717) is 11.6 Å². The second kappa shape index (κ2) is 6.57. The molecule has 124 valence electrons. The molecule has 2 aromatic heterocycles. The first-order valence-corrected chi connectivity index (χ1v) is 8.34. The van der Waals surface area contributed by atoms with E-state index in [1.54, 1.807) is 19.5 Å². The van der Waals surface area contributed by atoms with Crippen molar-refractivity contribution in [2.75, 3.05) is 20.2 Å². The first-order chi connectivity index (χ1) is 11.8. The van der Waals surface area contributed by atoms with Gasteiger partial charge in [-0.1, -0.05) is 12.1 Å². The van der Waals surface area contributed by atoms with Crippen LogP contribution in [0.5, 0.6) is 5.75 Å². The molecule has 1 atom stereocenters. The van der Waals surface area contributed by atoms with Crippen molar-refractivity contribution in [1.29, 1.82) is 0 Å². The van der Waals surface area contributed by atoms with Crippen molar-refractivity contribution in [1.82, 2.24) is 25.1 Å². The monoisotopic (exact) mass is 323 g/mol. The van der Waals surface area contributed by atoms with Crippen molar-refractivity contribution in [3.8, 4) is 5.75 Å². The number of piperidine rings is 1. The number of rotatable bonds is 4. The van der Waals surface area contributed by atoms with Crippen LogP contribution in [-0.4, -0.2) is 45.3 Å². The lowest BCUT2D eigenvalue weighted by Crippen LogP contribution is -2.34. The predicted molar refractivity (Wildman–Crippen MR) is 91.9 cm³/mol. The maximum absolute atomic E-state index is 5.33. The van der Waals surface area contributed by atoms with Gasteiger partial charge in [0.25, 0.3) is 0 Å². The molecule has 6 nitrogen and oxygen atoms in total. The Morgan fingerprint density at radius 3 is 3.12 bits per heavy atom. The Kier molecular flexibility index (Phi) is 4.13. The number of H-pyrrole nitrogens is 1. The first kappa shape index (κ1) is 15.1. The van der Waals surface area contributed by atoms with Gasteiger partial charge in [-0.3, -0.25) is 10.00 Å². The summed E-state index contributed by atoms with van der Waals surface area (Å²) in [7, 11) is 1.71. The molecule has 1 aliphatic rings. The van der Waals surface area contributed by atoms with Gasteiger partial charge < -0.3 is 4.74 Å². The maximum atomic E-state index is 5.33. The van der Waals surface area contributed by atoms with Crippen LogP contribution in [0.2, 0.25) is 0 Å². The molecule has 1 N–H and O–H groups in total. The number of aromatic nitrogens is 4. The Morgan fingerprint density at radius 1 is 1.29 bits per heavy atom. The van der Waals surface area contributed by atoms with Gasteiger partial charge in [-0.25, -0.2) is 9.97 Å². The molecule has 3 aromatic rings. The summed E-state index contributed by atoms with van der Waals surface area (Å²) < 4.78 is 5.33. The first-order valence-electron chi connectivity index (χ1n) is 8.34. The molecule has 0 spiro atoms. The Hall–Kier alpha value is -2.47. The predicted octanol–water partition coefficient (Wildman–Crippen LogP) is 2.74. The van der Waals surface area contributed by atoms with Gasteiger partial charge in [0, 0.05) is 31.4 Å². The quantitative estimate of drug-likeness (QED) is 0.799. The van der Waals surface area contributed by atoms with Gasteiger partial charge in [-0.2, -0.15) is 5.10 Å². The summed E-state index contributed by atoms with van der Waals surface area (Å²) in [4.78, 5) is 11.2. The normalized spacial score (nSPS) is 18.8. The van der Waals surface area contributed by atoms with Crippen molar-refractivity contribution in [3.63, 3.8) is 0 Å². The fourth-order valence-corrected chi connectivity index (χ4v) is 3.52. The zero-order chi connectivity index (χ0) is 16.4. The highest BCUT2D eigenvalue weighted by molar-refractivity contribution is 5.72. The third-order valence-corrected chi connectivity index (χ3v) is 4.67. The minimum Gasteiger partial charge on any atom is -0.497 e. The smallest absolute Gasteiger partial charge is 0.199 e. The second-order valence-electron chi connectivity index (χ2n) is 6.29. The molecule has 4 rings (SSSR count). The van der Waals surface area contributed by atoms with E-state index < -0.39 is 0 Å². The van der Waals surface area contributed by atoms with E-state index in [9.17, 15) is 0 Å². The van der Waals surface area contributed by atoms with Crippen LogP contribution in [0.15, 0.2) is 36.7 Å². The molecule has 0 unspecified atom stereocenters. The Bertz CT molecular complexity index is 831. The number of likely N-dealkylation sites (tertiary alicyclic amines) is 1. The SMILES string of the molecule is COc1cccc(CN2CCC[C@@H](c3[nH]nc4nccnc34)C2)c1. The lowest BCUT2D eigenvalue weighted by molar-refractivity contribution is 0.198. The van der Waals surface area contributed by atoms with E-state index >= 15 is 0 Å². The summed E-state index contributed by atoms with van der Waals surface area (Å²) in [5, 5.41) is 7.46. The molecule has 0 saturated carbocycles. The number of nitrogens with one attached hydrogen (secondary N) is 1. The molecule has 1 saturated heterocycles. The number of aromatic amines is 1. The van der Waals surface area contributed by atoms with Gasteiger partial charge >= 0.3 is 0 Å². The maximum Gasteiger partial charge on any atom is 0.199 e. The van der Waals surface area contributed by atoms with Crippen molar-refractivity contribution in [2.45, 2.75) is 25.3 Å². The zero-order valence-electron chi connectivity index (χ0n) is 13.8. The summed E-state index contributed by atoms with van der Waals surface area (Å²) >= 11 is 0. The number of fused-ring (bicyclic) bond motifs is 1. The molecule has 1 aliphatic heterocycles. The summed E-state index contributed by atoms with van der Waals surface area (Å²) in [6.07, 6.45) is 5.75. The molecule has 6 heteroatoms. The minimum atomic E-state index is 0.422. The van der Waals surface area contributed by atoms with Crippen LogP contribution in [0.3, 0.4) is 0 Å². The minimum absolute atomic E-state index is 0.422. The topological polar surface area (TPSA) is 66.9 Å². The summed E-state index contributed by atoms with van der Waals surface area (Å²) in [6.45, 7) is 3.06. The van der Waals surface area contributed by atoms with E-state index in [-0.39, 0.29) is 0 Å². The van der Waals surface area contributed by atoms with E-state index in [4.69, 9.17) is 4.74 Å². The van der Waals surface area contributed by atoms with Crippen LogP contribution in [0.1, 0.15) is 30.0 Å². The van der Waals surface area contributed by atoms with Gasteiger partial charge in [0.15, 0.2) is 5.65 Å². The Labute approximate surface area is 140 Å². The molecule has 0 bridgehead atoms. The Morgan fingerprint density at radius 2 is 2.21 bits per heavy atom. The highest BCUT2D eigenvalue weighted by Gasteiger charge is 2.25. The van der Waals surface area contributed by atoms with Crippen LogP contribution in [0, 0.1) is 0 Å². The van der Waals surface area contributed by atoms with Crippen LogP contribution in [-0.2, 0) is 6.54 Å². The van der Waals surface area contributed by atoms with Gasteiger partial charge in [-0.05, 0) is 37.1 Å². The summed E-state index contributed by atoms with van der Waals surface area (Å²) in [6, 6.07) is 8.30. The average Bonchev–Trinajstić information content (AvgIpc) is 3.06. The van der Waals surface area contributed by atoms with Crippen LogP contribution < -0.4 is 4.74 Å². The van der Waals surface area contributed by atoms with Crippen molar-refractivity contribution < 1.29 is 4.74 Å². The number of methoxy groups -OCH3 is 1. The number of nitrogens with zero attached hydrogens (tertiary/aromatic N) is 4. The van der Waals surface area contributed by atoms with E-state index in [1.807, 2.05) is 12.1 Å². The van der Waals surface area contributed by atoms with Crippen LogP contribution in [0.25, 0.3) is 11.2 Å². The fraction of sp³-hybridized carbons (Fsp3) is 0.389. The number of ether oxygens (including phenoxy) is 1. The second-order valence-corrected chi connectivity index (χ2v) is 6.29. The van der Waals surface area contributed by atoms with Gasteiger partial charge in [0.05, 0.1) is 12.8 Å². The van der Waals surface area contributed by atoms with Crippen LogP contribution in [0.4, 0.5) is 0 Å². The van der Waals surface area contributed by atoms with Crippen molar-refractivity contribution >= 4 is 11.2 Å². The van der Waals surface area contributed by atoms with E-state index in [2.05, 4.69) is 37.2 Å². The molecule has 3 heterocycles. The van der Waals surface area contributed by atoms with Crippen molar-refractivity contribution in [3.05, 3.63) is 47.9 Å². The zero-order valence-corrected chi connectivity index (χ0v) is 13.8. The molecule has 0 aliphatic carbocycles. The third kappa shape index (κ3) is 2.97. The van der Waals surface area contributed by atoms with E-state index in [0.717, 1.165) is 43.0 Å². The van der Waals surface area contributed by atoms with Gasteiger partial charge in [0.1, 0.15) is 11.3 Å². The van der Waals surface area contributed by atoms with Gasteiger partial charge in [0.2, 0.25) is 0 Å². The summed E-state index contributed by atoms with van der Waals surface area (Å²) in [5.41, 5.74) is 4.01. The largest absolute Gasteiger partial charge is 0.497 e. The summed E-state index contributed by atoms with van der Waals surface area (Å²) in [5.74, 6) is 1.34. The van der Waals surface area contributed by atoms with E-state index in [1.165, 1.54) is 12.0 Å². The molecule has 0 radical (unpaired) electrons. The molecule has 1 fully saturated rings. The molecule has 1 aromatic carbocycles. The lowest BCUT2D eigenvalue weighted by Gasteiger charge is -2.32. The average molecular weight is 323 g/mol. The fourth-order valence-electron chi connectivity index (χ4n) is 3.52. The standard InChI is InChI=1S/C18H21N5O/c1-24-15-6-2-4-13(10-15)11-23-9-3-5-14(12-23)16-17-18(22-21-16)20-8-7-19-17/h2,4,6-8,10,14H,3,5,9,11-12H2,1H3,(H,20,21,22)/t14-/m1/s1. The van der Waals surface area contributed by atoms with Crippen molar-refractivity contribution in [2.24, 2.45) is 0 Å². The Balaban J connectivity index is 1.51. The molecule has 24 heavy (non-hydrogen) atoms. The number of benzene rings is 1. The highest BCUT2D eigenvalue weighted by atomic mass is 16.5. The van der Waals surface area contributed by atoms with Crippen LogP contribution >= 0.6 is 0 Å².